The van der Waals surface area contributed by atoms with E-state index in [4.69, 9.17) is 58.3 Å². The normalized spacial score (nSPS) is 11.7. The molecule has 0 saturated carbocycles. The molecule has 2 N–H and O–H groups in total. The van der Waals surface area contributed by atoms with Gasteiger partial charge in [0.1, 0.15) is 22.6 Å². The van der Waals surface area contributed by atoms with Gasteiger partial charge < -0.3 is 38.4 Å². The van der Waals surface area contributed by atoms with Gasteiger partial charge in [-0.1, -0.05) is 0 Å². The summed E-state index contributed by atoms with van der Waals surface area (Å²) in [4.78, 5) is 37.3. The second-order valence-corrected chi connectivity index (χ2v) is 13.9. The zero-order valence-electron chi connectivity index (χ0n) is 29.5. The molecule has 14 nitrogen and oxygen atoms in total. The highest BCUT2D eigenvalue weighted by Gasteiger charge is 2.26. The van der Waals surface area contributed by atoms with Crippen molar-refractivity contribution in [3.05, 3.63) is 57.5 Å². The first kappa shape index (κ1) is 33.8. The predicted molar refractivity (Wildman–Crippen MR) is 211 cm³/mol. The fraction of sp³-hybridized carbons (Fsp3) is 0.158. The molecular weight excluding hydrogens is 824 g/mol. The first-order valence-corrected chi connectivity index (χ1v) is 17.9. The SMILES string of the molecule is COc1cc2c(cc1OC)-c1nc-2nc2[nH]c(nc3nc(nc4[nH]c(n1)c1cc(OC)c(OC)cc41)-c1cc(OC)c(OC)cc1-3)c1cc(Br)c(Br)cc21. The average Bonchev–Trinajstić information content (AvgIpc) is 3.90. The number of H-pyrrole nitrogens is 2. The standard InChI is InChI=1S/C38H28Br2N8O6/c1-49-25-9-17-19(11-27(25)51-3)35-44-33(17)42-31-15-7-23(39)24(40)8-16(15)32(41-31)43-34-18-10-26(50-2)28(52-4)12-20(18)36(45-34)47-38-22-14-30(54-6)29(53-5)13-21(22)37(46-35)48-38/h7-14H,1-6H3,(H2,41,42,43,44,45,46,47,48). The second kappa shape index (κ2) is 12.8. The van der Waals surface area contributed by atoms with Crippen LogP contribution in [-0.4, -0.2) is 82.5 Å². The molecule has 9 rings (SSSR count). The molecule has 0 amide bonds. The number of methoxy groups -OCH3 is 6. The van der Waals surface area contributed by atoms with Gasteiger partial charge in [-0.2, -0.15) is 0 Å². The van der Waals surface area contributed by atoms with Crippen molar-refractivity contribution in [2.45, 2.75) is 0 Å². The lowest BCUT2D eigenvalue weighted by Crippen LogP contribution is -1.92. The van der Waals surface area contributed by atoms with Crippen molar-refractivity contribution in [3.8, 4) is 80.0 Å². The van der Waals surface area contributed by atoms with Gasteiger partial charge in [0.15, 0.2) is 57.8 Å². The fourth-order valence-electron chi connectivity index (χ4n) is 6.76. The first-order chi connectivity index (χ1) is 26.2. The Morgan fingerprint density at radius 2 is 0.593 bits per heavy atom. The average molecular weight is 853 g/mol. The highest BCUT2D eigenvalue weighted by molar-refractivity contribution is 9.13. The molecule has 0 atom stereocenters. The van der Waals surface area contributed by atoms with E-state index in [1.165, 1.54) is 0 Å². The van der Waals surface area contributed by atoms with Crippen molar-refractivity contribution in [3.63, 3.8) is 0 Å². The van der Waals surface area contributed by atoms with Gasteiger partial charge in [-0.25, -0.2) is 29.9 Å². The lowest BCUT2D eigenvalue weighted by molar-refractivity contribution is 0.355. The summed E-state index contributed by atoms with van der Waals surface area (Å²) in [5, 5.41) is 3.01. The van der Waals surface area contributed by atoms with Gasteiger partial charge in [0.05, 0.1) is 42.7 Å². The van der Waals surface area contributed by atoms with Crippen molar-refractivity contribution in [1.29, 1.82) is 0 Å². The summed E-state index contributed by atoms with van der Waals surface area (Å²) in [6.07, 6.45) is 0. The molecule has 16 heteroatoms. The van der Waals surface area contributed by atoms with Crippen molar-refractivity contribution in [2.24, 2.45) is 0 Å². The molecule has 270 valence electrons. The molecule has 4 aromatic carbocycles. The van der Waals surface area contributed by atoms with Crippen molar-refractivity contribution in [2.75, 3.05) is 42.7 Å². The largest absolute Gasteiger partial charge is 0.493 e. The number of benzene rings is 4. The van der Waals surface area contributed by atoms with E-state index in [1.807, 2.05) is 48.5 Å². The second-order valence-electron chi connectivity index (χ2n) is 12.2. The van der Waals surface area contributed by atoms with Crippen LogP contribution in [0.1, 0.15) is 0 Å². The summed E-state index contributed by atoms with van der Waals surface area (Å²) >= 11 is 7.34. The minimum absolute atomic E-state index is 0.391. The predicted octanol–water partition coefficient (Wildman–Crippen LogP) is 8.45. The third-order valence-corrected chi connectivity index (χ3v) is 11.2. The Kier molecular flexibility index (Phi) is 8.04. The maximum absolute atomic E-state index is 5.70. The van der Waals surface area contributed by atoms with Crippen molar-refractivity contribution >= 4 is 76.0 Å². The quantitative estimate of drug-likeness (QED) is 0.164. The number of halogens is 2. The zero-order chi connectivity index (χ0) is 37.4. The van der Waals surface area contributed by atoms with Gasteiger partial charge in [-0.05, 0) is 80.4 Å². The molecule has 8 bridgehead atoms. The number of nitrogens with one attached hydrogen (secondary N) is 2. The maximum Gasteiger partial charge on any atom is 0.164 e. The monoisotopic (exact) mass is 850 g/mol. The highest BCUT2D eigenvalue weighted by Crippen LogP contribution is 2.45. The Bertz CT molecular complexity index is 2720. The minimum atomic E-state index is 0.391. The summed E-state index contributed by atoms with van der Waals surface area (Å²) in [5.74, 6) is 4.69. The molecule has 5 heterocycles. The van der Waals surface area contributed by atoms with Gasteiger partial charge in [0, 0.05) is 52.7 Å². The number of rotatable bonds is 6. The maximum atomic E-state index is 5.70. The van der Waals surface area contributed by atoms with Crippen LogP contribution in [0.2, 0.25) is 0 Å². The highest BCUT2D eigenvalue weighted by atomic mass is 79.9. The van der Waals surface area contributed by atoms with Crippen LogP contribution in [0.15, 0.2) is 57.5 Å². The van der Waals surface area contributed by atoms with Crippen LogP contribution < -0.4 is 28.4 Å². The summed E-state index contributed by atoms with van der Waals surface area (Å²) < 4.78 is 35.8. The summed E-state index contributed by atoms with van der Waals surface area (Å²) in [6.45, 7) is 0. The number of ether oxygens (including phenoxy) is 6. The molecule has 0 radical (unpaired) electrons. The molecular formula is C38H28Br2N8O6. The molecule has 2 aliphatic heterocycles. The molecule has 0 aliphatic carbocycles. The Labute approximate surface area is 323 Å². The van der Waals surface area contributed by atoms with Crippen LogP contribution in [-0.2, 0) is 0 Å². The van der Waals surface area contributed by atoms with E-state index in [2.05, 4.69) is 41.8 Å². The molecule has 3 aromatic heterocycles. The van der Waals surface area contributed by atoms with Crippen LogP contribution >= 0.6 is 31.9 Å². The minimum Gasteiger partial charge on any atom is -0.493 e. The molecule has 0 unspecified atom stereocenters. The summed E-state index contributed by atoms with van der Waals surface area (Å²) in [5.41, 5.74) is 4.76. The third-order valence-electron chi connectivity index (χ3n) is 9.38. The van der Waals surface area contributed by atoms with Crippen LogP contribution in [0.5, 0.6) is 34.5 Å². The lowest BCUT2D eigenvalue weighted by atomic mass is 10.1. The molecule has 0 spiro atoms. The smallest absolute Gasteiger partial charge is 0.164 e. The molecule has 54 heavy (non-hydrogen) atoms. The molecule has 0 fully saturated rings. The van der Waals surface area contributed by atoms with E-state index in [9.17, 15) is 0 Å². The number of aromatic amines is 2. The number of hydrogen-bond donors (Lipinski definition) is 2. The van der Waals surface area contributed by atoms with Crippen LogP contribution in [0.3, 0.4) is 0 Å². The van der Waals surface area contributed by atoms with Gasteiger partial charge in [0.25, 0.3) is 0 Å². The Morgan fingerprint density at radius 1 is 0.352 bits per heavy atom. The van der Waals surface area contributed by atoms with Crippen molar-refractivity contribution < 1.29 is 28.4 Å². The Hall–Kier alpha value is -6.00. The number of nitrogens with zero attached hydrogens (tertiary/aromatic N) is 6. The van der Waals surface area contributed by atoms with Crippen molar-refractivity contribution in [1.82, 2.24) is 39.9 Å². The summed E-state index contributed by atoms with van der Waals surface area (Å²) in [7, 11) is 9.50. The fourth-order valence-corrected chi connectivity index (χ4v) is 7.45. The van der Waals surface area contributed by atoms with Crippen LogP contribution in [0.4, 0.5) is 0 Å². The topological polar surface area (TPSA) is 164 Å². The van der Waals surface area contributed by atoms with Crippen LogP contribution in [0, 0.1) is 0 Å². The van der Waals surface area contributed by atoms with E-state index in [-0.39, 0.29) is 0 Å². The number of aromatic nitrogens is 8. The van der Waals surface area contributed by atoms with E-state index in [0.717, 1.165) is 19.7 Å². The van der Waals surface area contributed by atoms with Gasteiger partial charge in [-0.15, -0.1) is 0 Å². The van der Waals surface area contributed by atoms with E-state index in [0.29, 0.717) is 113 Å². The Balaban J connectivity index is 1.50. The summed E-state index contributed by atoms with van der Waals surface area (Å²) in [6, 6.07) is 15.0. The zero-order valence-corrected chi connectivity index (χ0v) is 32.7. The number of fused-ring (bicyclic) bond motifs is 20. The van der Waals surface area contributed by atoms with Gasteiger partial charge >= 0.3 is 0 Å². The third kappa shape index (κ3) is 5.19. The Morgan fingerprint density at radius 3 is 0.852 bits per heavy atom. The molecule has 2 aliphatic rings. The van der Waals surface area contributed by atoms with Gasteiger partial charge in [0.2, 0.25) is 0 Å². The number of hydrogen-bond acceptors (Lipinski definition) is 12. The molecule has 7 aromatic rings. The first-order valence-electron chi connectivity index (χ1n) is 16.4. The van der Waals surface area contributed by atoms with Crippen LogP contribution in [0.25, 0.3) is 89.7 Å². The van der Waals surface area contributed by atoms with E-state index < -0.39 is 0 Å². The van der Waals surface area contributed by atoms with E-state index in [1.54, 1.807) is 42.7 Å². The lowest BCUT2D eigenvalue weighted by Gasteiger charge is -2.09. The molecule has 0 saturated heterocycles. The van der Waals surface area contributed by atoms with Gasteiger partial charge in [-0.3, -0.25) is 0 Å². The van der Waals surface area contributed by atoms with E-state index >= 15 is 0 Å².